The highest BCUT2D eigenvalue weighted by Crippen LogP contribution is 2.35. The average Bonchev–Trinajstić information content (AvgIpc) is 3.48. The minimum atomic E-state index is -0.410. The van der Waals surface area contributed by atoms with Crippen LogP contribution in [0.3, 0.4) is 0 Å². The first-order valence-electron chi connectivity index (χ1n) is 9.52. The van der Waals surface area contributed by atoms with E-state index in [4.69, 9.17) is 30.2 Å². The van der Waals surface area contributed by atoms with Crippen LogP contribution in [-0.2, 0) is 6.61 Å². The number of anilines is 1. The number of furan rings is 1. The Morgan fingerprint density at radius 1 is 1.09 bits per heavy atom. The van der Waals surface area contributed by atoms with Crippen LogP contribution in [0.1, 0.15) is 16.3 Å². The topological polar surface area (TPSA) is 82.8 Å². The van der Waals surface area contributed by atoms with E-state index in [1.54, 1.807) is 50.6 Å². The van der Waals surface area contributed by atoms with Crippen LogP contribution < -0.4 is 19.5 Å². The van der Waals surface area contributed by atoms with Gasteiger partial charge in [-0.3, -0.25) is 10.1 Å². The van der Waals surface area contributed by atoms with Gasteiger partial charge in [0.15, 0.2) is 10.9 Å². The van der Waals surface area contributed by atoms with Gasteiger partial charge in [0.05, 0.1) is 24.9 Å². The average molecular weight is 471 g/mol. The molecule has 0 bridgehead atoms. The van der Waals surface area contributed by atoms with Crippen molar-refractivity contribution in [3.05, 3.63) is 76.5 Å². The Morgan fingerprint density at radius 2 is 1.94 bits per heavy atom. The number of carbonyl (C=O) groups is 1. The molecule has 0 aliphatic rings. The zero-order valence-electron chi connectivity index (χ0n) is 17.3. The first-order valence-corrected chi connectivity index (χ1v) is 10.8. The quantitative estimate of drug-likeness (QED) is 0.345. The van der Waals surface area contributed by atoms with Crippen molar-refractivity contribution in [3.8, 4) is 28.5 Å². The molecule has 0 radical (unpaired) electrons. The van der Waals surface area contributed by atoms with Crippen LogP contribution >= 0.6 is 22.9 Å². The van der Waals surface area contributed by atoms with Crippen LogP contribution in [0.5, 0.6) is 17.2 Å². The van der Waals surface area contributed by atoms with E-state index in [2.05, 4.69) is 10.3 Å². The first-order chi connectivity index (χ1) is 15.6. The van der Waals surface area contributed by atoms with Gasteiger partial charge in [-0.2, -0.15) is 0 Å². The van der Waals surface area contributed by atoms with Gasteiger partial charge < -0.3 is 18.6 Å². The molecule has 2 aromatic heterocycles. The maximum atomic E-state index is 12.6. The van der Waals surface area contributed by atoms with Crippen LogP contribution in [0.25, 0.3) is 11.3 Å². The lowest BCUT2D eigenvalue weighted by atomic mass is 10.1. The predicted octanol–water partition coefficient (Wildman–Crippen LogP) is 5.91. The molecule has 164 valence electrons. The van der Waals surface area contributed by atoms with Gasteiger partial charge in [-0.15, -0.1) is 11.3 Å². The maximum Gasteiger partial charge on any atom is 0.293 e. The van der Waals surface area contributed by atoms with Crippen molar-refractivity contribution in [2.24, 2.45) is 0 Å². The molecule has 32 heavy (non-hydrogen) atoms. The lowest BCUT2D eigenvalue weighted by Crippen LogP contribution is -2.10. The zero-order valence-corrected chi connectivity index (χ0v) is 18.8. The maximum absolute atomic E-state index is 12.6. The van der Waals surface area contributed by atoms with Crippen LogP contribution in [0.15, 0.2) is 64.4 Å². The van der Waals surface area contributed by atoms with E-state index < -0.39 is 5.91 Å². The molecule has 2 aromatic carbocycles. The van der Waals surface area contributed by atoms with Crippen LogP contribution in [0, 0.1) is 0 Å². The molecule has 0 atom stereocenters. The summed E-state index contributed by atoms with van der Waals surface area (Å²) >= 11 is 7.37. The van der Waals surface area contributed by atoms with Crippen molar-refractivity contribution in [2.45, 2.75) is 6.61 Å². The highest BCUT2D eigenvalue weighted by Gasteiger charge is 2.16. The summed E-state index contributed by atoms with van der Waals surface area (Å²) in [4.78, 5) is 17.1. The summed E-state index contributed by atoms with van der Waals surface area (Å²) in [5.74, 6) is 2.12. The summed E-state index contributed by atoms with van der Waals surface area (Å²) in [6.07, 6.45) is 0. The van der Waals surface area contributed by atoms with E-state index in [0.717, 1.165) is 5.56 Å². The smallest absolute Gasteiger partial charge is 0.293 e. The summed E-state index contributed by atoms with van der Waals surface area (Å²) in [5, 5.41) is 5.52. The number of amides is 1. The van der Waals surface area contributed by atoms with Crippen molar-refractivity contribution >= 4 is 34.0 Å². The van der Waals surface area contributed by atoms with Crippen molar-refractivity contribution in [1.82, 2.24) is 4.98 Å². The number of methoxy groups -OCH3 is 2. The Morgan fingerprint density at radius 3 is 2.72 bits per heavy atom. The second kappa shape index (κ2) is 9.76. The van der Waals surface area contributed by atoms with Gasteiger partial charge in [-0.05, 0) is 42.5 Å². The molecular weight excluding hydrogens is 452 g/mol. The predicted molar refractivity (Wildman–Crippen MR) is 123 cm³/mol. The number of hydrogen-bond donors (Lipinski definition) is 1. The van der Waals surface area contributed by atoms with Crippen molar-refractivity contribution in [2.75, 3.05) is 19.5 Å². The molecule has 1 amide bonds. The van der Waals surface area contributed by atoms with Crippen molar-refractivity contribution in [3.63, 3.8) is 0 Å². The number of halogens is 1. The molecule has 0 aliphatic heterocycles. The summed E-state index contributed by atoms with van der Waals surface area (Å²) in [5.41, 5.74) is 1.43. The third-order valence-electron chi connectivity index (χ3n) is 4.50. The Bertz CT molecular complexity index is 1240. The van der Waals surface area contributed by atoms with Gasteiger partial charge in [0.1, 0.15) is 29.6 Å². The van der Waals surface area contributed by atoms with Gasteiger partial charge >= 0.3 is 0 Å². The van der Waals surface area contributed by atoms with Gasteiger partial charge in [0.25, 0.3) is 5.91 Å². The van der Waals surface area contributed by atoms with Gasteiger partial charge in [0, 0.05) is 10.9 Å². The molecule has 0 aliphatic carbocycles. The zero-order chi connectivity index (χ0) is 22.5. The fraction of sp³-hybridized carbons (Fsp3) is 0.130. The van der Waals surface area contributed by atoms with E-state index >= 15 is 0 Å². The van der Waals surface area contributed by atoms with Crippen molar-refractivity contribution in [1.29, 1.82) is 0 Å². The largest absolute Gasteiger partial charge is 0.497 e. The molecule has 7 nitrogen and oxygen atoms in total. The minimum Gasteiger partial charge on any atom is -0.497 e. The molecule has 0 saturated carbocycles. The lowest BCUT2D eigenvalue weighted by molar-refractivity contribution is 0.0992. The van der Waals surface area contributed by atoms with Gasteiger partial charge in [0.2, 0.25) is 0 Å². The number of thiazole rings is 1. The molecule has 0 unspecified atom stereocenters. The molecule has 9 heteroatoms. The highest BCUT2D eigenvalue weighted by molar-refractivity contribution is 7.14. The molecule has 1 N–H and O–H groups in total. The minimum absolute atomic E-state index is 0.147. The normalized spacial score (nSPS) is 10.6. The number of nitrogens with zero attached hydrogens (tertiary/aromatic N) is 1. The molecule has 4 rings (SSSR count). The molecule has 0 fully saturated rings. The number of carbonyl (C=O) groups excluding carboxylic acids is 1. The summed E-state index contributed by atoms with van der Waals surface area (Å²) in [6.45, 7) is 0.147. The number of ether oxygens (including phenoxy) is 3. The number of hydrogen-bond acceptors (Lipinski definition) is 7. The standard InChI is InChI=1S/C23H19ClN2O5S/c1-28-14-7-9-19(29-2)16(11-14)18-13-32-23(25-18)26-22(27)21-10-8-15(31-21)12-30-20-6-4-3-5-17(20)24/h3-11,13H,12H2,1-2H3,(H,25,26,27). The number of para-hydroxylation sites is 1. The summed E-state index contributed by atoms with van der Waals surface area (Å²) in [7, 11) is 3.18. The van der Waals surface area contributed by atoms with E-state index in [1.165, 1.54) is 11.3 Å². The number of aromatic nitrogens is 1. The Hall–Kier alpha value is -3.49. The van der Waals surface area contributed by atoms with E-state index in [-0.39, 0.29) is 12.4 Å². The molecule has 2 heterocycles. The van der Waals surface area contributed by atoms with E-state index in [9.17, 15) is 4.79 Å². The second-order valence-electron chi connectivity index (χ2n) is 6.54. The number of nitrogens with one attached hydrogen (secondary N) is 1. The van der Waals surface area contributed by atoms with Crippen LogP contribution in [0.4, 0.5) is 5.13 Å². The monoisotopic (exact) mass is 470 g/mol. The third kappa shape index (κ3) is 4.87. The highest BCUT2D eigenvalue weighted by atomic mass is 35.5. The van der Waals surface area contributed by atoms with E-state index in [1.807, 2.05) is 23.6 Å². The van der Waals surface area contributed by atoms with Crippen molar-refractivity contribution < 1.29 is 23.4 Å². The van der Waals surface area contributed by atoms with Crippen LogP contribution in [0.2, 0.25) is 5.02 Å². The number of benzene rings is 2. The first kappa shape index (κ1) is 21.7. The molecule has 4 aromatic rings. The second-order valence-corrected chi connectivity index (χ2v) is 7.81. The van der Waals surface area contributed by atoms with Gasteiger partial charge in [-0.25, -0.2) is 4.98 Å². The number of rotatable bonds is 8. The Labute approximate surface area is 193 Å². The SMILES string of the molecule is COc1ccc(OC)c(-c2csc(NC(=O)c3ccc(COc4ccccc4Cl)o3)n2)c1. The Kier molecular flexibility index (Phi) is 6.63. The molecule has 0 spiro atoms. The van der Waals surface area contributed by atoms with Gasteiger partial charge in [-0.1, -0.05) is 23.7 Å². The molecule has 0 saturated heterocycles. The summed E-state index contributed by atoms with van der Waals surface area (Å²) < 4.78 is 21.9. The fourth-order valence-corrected chi connectivity index (χ4v) is 3.81. The fourth-order valence-electron chi connectivity index (χ4n) is 2.92. The molecular formula is C23H19ClN2O5S. The summed E-state index contributed by atoms with van der Waals surface area (Å²) in [6, 6.07) is 15.8. The lowest BCUT2D eigenvalue weighted by Gasteiger charge is -2.08. The van der Waals surface area contributed by atoms with E-state index in [0.29, 0.717) is 38.9 Å². The Balaban J connectivity index is 1.42. The van der Waals surface area contributed by atoms with Crippen LogP contribution in [-0.4, -0.2) is 25.1 Å². The third-order valence-corrected chi connectivity index (χ3v) is 5.57.